The third-order valence-corrected chi connectivity index (χ3v) is 3.42. The molecule has 2 rings (SSSR count). The largest absolute Gasteiger partial charge is 0.370 e. The molecule has 0 radical (unpaired) electrons. The molecule has 3 N–H and O–H groups in total. The van der Waals surface area contributed by atoms with Crippen LogP contribution in [0.15, 0.2) is 18.2 Å². The molecule has 0 aliphatic carbocycles. The standard InChI is InChI=1S/C14H22N4O/c1-2-8-16-13-7-3-5-11(17-13)10-18-9-4-6-12(18)14(15)19/h3,5,7,12H,2,4,6,8-10H2,1H3,(H2,15,19)(H,16,17). The summed E-state index contributed by atoms with van der Waals surface area (Å²) in [5.41, 5.74) is 6.40. The molecule has 1 aliphatic rings. The Bertz CT molecular complexity index is 435. The normalized spacial score (nSPS) is 19.5. The highest BCUT2D eigenvalue weighted by atomic mass is 16.1. The topological polar surface area (TPSA) is 71.2 Å². The lowest BCUT2D eigenvalue weighted by atomic mass is 10.2. The Kier molecular flexibility index (Phi) is 4.74. The molecule has 0 bridgehead atoms. The number of rotatable bonds is 6. The van der Waals surface area contributed by atoms with Gasteiger partial charge in [0.25, 0.3) is 0 Å². The first-order valence-electron chi connectivity index (χ1n) is 6.94. The monoisotopic (exact) mass is 262 g/mol. The van der Waals surface area contributed by atoms with E-state index < -0.39 is 0 Å². The first-order valence-corrected chi connectivity index (χ1v) is 6.94. The summed E-state index contributed by atoms with van der Waals surface area (Å²) in [5, 5.41) is 3.27. The Morgan fingerprint density at radius 2 is 2.42 bits per heavy atom. The average Bonchev–Trinajstić information content (AvgIpc) is 2.85. The second-order valence-corrected chi connectivity index (χ2v) is 4.97. The molecule has 5 nitrogen and oxygen atoms in total. The van der Waals surface area contributed by atoms with Gasteiger partial charge in [0.15, 0.2) is 0 Å². The van der Waals surface area contributed by atoms with Crippen LogP contribution >= 0.6 is 0 Å². The Morgan fingerprint density at radius 3 is 3.16 bits per heavy atom. The molecule has 1 aliphatic heterocycles. The molecule has 1 aromatic heterocycles. The highest BCUT2D eigenvalue weighted by Crippen LogP contribution is 2.19. The second kappa shape index (κ2) is 6.52. The molecule has 1 fully saturated rings. The molecule has 19 heavy (non-hydrogen) atoms. The van der Waals surface area contributed by atoms with Crippen molar-refractivity contribution in [2.45, 2.75) is 38.8 Å². The maximum Gasteiger partial charge on any atom is 0.234 e. The van der Waals surface area contributed by atoms with Gasteiger partial charge in [-0.2, -0.15) is 0 Å². The predicted molar refractivity (Wildman–Crippen MR) is 75.6 cm³/mol. The van der Waals surface area contributed by atoms with E-state index in [1.807, 2.05) is 18.2 Å². The van der Waals surface area contributed by atoms with Crippen molar-refractivity contribution in [3.63, 3.8) is 0 Å². The molecule has 1 unspecified atom stereocenters. The smallest absolute Gasteiger partial charge is 0.234 e. The van der Waals surface area contributed by atoms with Gasteiger partial charge in [-0.25, -0.2) is 4.98 Å². The van der Waals surface area contributed by atoms with Crippen molar-refractivity contribution < 1.29 is 4.79 Å². The van der Waals surface area contributed by atoms with Crippen molar-refractivity contribution in [2.24, 2.45) is 5.73 Å². The summed E-state index contributed by atoms with van der Waals surface area (Å²) in [4.78, 5) is 18.0. The minimum atomic E-state index is -0.224. The second-order valence-electron chi connectivity index (χ2n) is 4.97. The summed E-state index contributed by atoms with van der Waals surface area (Å²) in [6.07, 6.45) is 2.96. The van der Waals surface area contributed by atoms with Crippen molar-refractivity contribution in [1.82, 2.24) is 9.88 Å². The highest BCUT2D eigenvalue weighted by molar-refractivity contribution is 5.80. The van der Waals surface area contributed by atoms with Crippen molar-refractivity contribution in [1.29, 1.82) is 0 Å². The number of nitrogens with one attached hydrogen (secondary N) is 1. The number of amides is 1. The number of primary amides is 1. The highest BCUT2D eigenvalue weighted by Gasteiger charge is 2.28. The van der Waals surface area contributed by atoms with Gasteiger partial charge in [0.1, 0.15) is 5.82 Å². The van der Waals surface area contributed by atoms with Crippen LogP contribution in [0.5, 0.6) is 0 Å². The van der Waals surface area contributed by atoms with Gasteiger partial charge in [0, 0.05) is 13.1 Å². The number of carbonyl (C=O) groups excluding carboxylic acids is 1. The molecule has 1 amide bonds. The quantitative estimate of drug-likeness (QED) is 0.812. The van der Waals surface area contributed by atoms with Crippen LogP contribution in [0.2, 0.25) is 0 Å². The molecular weight excluding hydrogens is 240 g/mol. The molecule has 104 valence electrons. The van der Waals surface area contributed by atoms with Crippen LogP contribution in [-0.2, 0) is 11.3 Å². The molecule has 1 aromatic rings. The number of nitrogens with two attached hydrogens (primary N) is 1. The van der Waals surface area contributed by atoms with E-state index in [0.29, 0.717) is 6.54 Å². The molecule has 5 heteroatoms. The van der Waals surface area contributed by atoms with Gasteiger partial charge >= 0.3 is 0 Å². The van der Waals surface area contributed by atoms with Crippen LogP contribution < -0.4 is 11.1 Å². The molecule has 0 saturated carbocycles. The maximum absolute atomic E-state index is 11.4. The van der Waals surface area contributed by atoms with Crippen LogP contribution in [-0.4, -0.2) is 34.9 Å². The van der Waals surface area contributed by atoms with Crippen molar-refractivity contribution in [3.05, 3.63) is 23.9 Å². The van der Waals surface area contributed by atoms with Crippen LogP contribution in [0.3, 0.4) is 0 Å². The number of pyridine rings is 1. The maximum atomic E-state index is 11.4. The Hall–Kier alpha value is -1.62. The van der Waals surface area contributed by atoms with E-state index in [1.165, 1.54) is 0 Å². The Morgan fingerprint density at radius 1 is 1.58 bits per heavy atom. The third-order valence-electron chi connectivity index (χ3n) is 3.42. The van der Waals surface area contributed by atoms with E-state index in [1.54, 1.807) is 0 Å². The van der Waals surface area contributed by atoms with Gasteiger partial charge in [0.2, 0.25) is 5.91 Å². The van der Waals surface area contributed by atoms with E-state index >= 15 is 0 Å². The van der Waals surface area contributed by atoms with Gasteiger partial charge < -0.3 is 11.1 Å². The summed E-state index contributed by atoms with van der Waals surface area (Å²) in [6, 6.07) is 5.83. The zero-order valence-corrected chi connectivity index (χ0v) is 11.4. The van der Waals surface area contributed by atoms with Gasteiger partial charge in [-0.3, -0.25) is 9.69 Å². The van der Waals surface area contributed by atoms with Crippen molar-refractivity contribution in [2.75, 3.05) is 18.4 Å². The number of carbonyl (C=O) groups is 1. The lowest BCUT2D eigenvalue weighted by molar-refractivity contribution is -0.122. The zero-order chi connectivity index (χ0) is 13.7. The first-order chi connectivity index (χ1) is 9.20. The van der Waals surface area contributed by atoms with E-state index in [-0.39, 0.29) is 11.9 Å². The Balaban J connectivity index is 2.00. The fourth-order valence-electron chi connectivity index (χ4n) is 2.46. The summed E-state index contributed by atoms with van der Waals surface area (Å²) < 4.78 is 0. The van der Waals surface area contributed by atoms with Gasteiger partial charge in [-0.15, -0.1) is 0 Å². The summed E-state index contributed by atoms with van der Waals surface area (Å²) in [6.45, 7) is 4.65. The number of hydrogen-bond donors (Lipinski definition) is 2. The summed E-state index contributed by atoms with van der Waals surface area (Å²) in [5.74, 6) is 0.673. The predicted octanol–water partition coefficient (Wildman–Crippen LogP) is 1.35. The fraction of sp³-hybridized carbons (Fsp3) is 0.571. The van der Waals surface area contributed by atoms with Crippen molar-refractivity contribution in [3.8, 4) is 0 Å². The molecule has 2 heterocycles. The SMILES string of the molecule is CCCNc1cccc(CN2CCCC2C(N)=O)n1. The number of anilines is 1. The van der Waals surface area contributed by atoms with Crippen LogP contribution in [0.25, 0.3) is 0 Å². The zero-order valence-electron chi connectivity index (χ0n) is 11.4. The molecule has 0 aromatic carbocycles. The summed E-state index contributed by atoms with van der Waals surface area (Å²) in [7, 11) is 0. The number of hydrogen-bond acceptors (Lipinski definition) is 4. The minimum Gasteiger partial charge on any atom is -0.370 e. The molecule has 0 spiro atoms. The van der Waals surface area contributed by atoms with Crippen LogP contribution in [0, 0.1) is 0 Å². The third kappa shape index (κ3) is 3.67. The molecule has 1 atom stereocenters. The van der Waals surface area contributed by atoms with Crippen LogP contribution in [0.1, 0.15) is 31.9 Å². The molecular formula is C14H22N4O. The summed E-state index contributed by atoms with van der Waals surface area (Å²) >= 11 is 0. The average molecular weight is 262 g/mol. The van der Waals surface area contributed by atoms with E-state index in [2.05, 4.69) is 22.1 Å². The van der Waals surface area contributed by atoms with E-state index in [9.17, 15) is 4.79 Å². The van der Waals surface area contributed by atoms with Gasteiger partial charge in [0.05, 0.1) is 11.7 Å². The molecule has 1 saturated heterocycles. The number of likely N-dealkylation sites (tertiary alicyclic amines) is 1. The van der Waals surface area contributed by atoms with E-state index in [4.69, 9.17) is 5.73 Å². The van der Waals surface area contributed by atoms with Crippen LogP contribution in [0.4, 0.5) is 5.82 Å². The first kappa shape index (κ1) is 13.8. The van der Waals surface area contributed by atoms with Gasteiger partial charge in [-0.05, 0) is 37.9 Å². The van der Waals surface area contributed by atoms with E-state index in [0.717, 1.165) is 43.9 Å². The Labute approximate surface area is 114 Å². The van der Waals surface area contributed by atoms with Gasteiger partial charge in [-0.1, -0.05) is 13.0 Å². The lowest BCUT2D eigenvalue weighted by Gasteiger charge is -2.21. The lowest BCUT2D eigenvalue weighted by Crippen LogP contribution is -2.39. The minimum absolute atomic E-state index is 0.131. The fourth-order valence-corrected chi connectivity index (χ4v) is 2.46. The number of nitrogens with zero attached hydrogens (tertiary/aromatic N) is 2. The van der Waals surface area contributed by atoms with Crippen molar-refractivity contribution >= 4 is 11.7 Å². The number of aromatic nitrogens is 1.